The molecule has 0 atom stereocenters. The number of halogens is 4. The summed E-state index contributed by atoms with van der Waals surface area (Å²) in [4.78, 5) is 10.8. The number of primary amides is 1. The summed E-state index contributed by atoms with van der Waals surface area (Å²) in [6.07, 6.45) is 0. The first-order valence-electron chi connectivity index (χ1n) is 3.08. The Kier molecular flexibility index (Phi) is 3.70. The lowest BCUT2D eigenvalue weighted by Crippen LogP contribution is -2.13. The molecule has 1 aromatic carbocycles. The zero-order chi connectivity index (χ0) is 10.2. The van der Waals surface area contributed by atoms with Crippen molar-refractivity contribution in [3.05, 3.63) is 30.0 Å². The Balaban J connectivity index is 3.50. The molecule has 70 valence electrons. The third-order valence-electron chi connectivity index (χ3n) is 1.37. The van der Waals surface area contributed by atoms with E-state index in [0.717, 1.165) is 0 Å². The van der Waals surface area contributed by atoms with Crippen molar-refractivity contribution in [1.82, 2.24) is 0 Å². The summed E-state index contributed by atoms with van der Waals surface area (Å²) < 4.78 is 14.3. The summed E-state index contributed by atoms with van der Waals surface area (Å²) in [6, 6.07) is 1.51. The van der Waals surface area contributed by atoms with Crippen LogP contribution in [-0.4, -0.2) is 5.91 Å². The lowest BCUT2D eigenvalue weighted by molar-refractivity contribution is 0.0999. The molecule has 1 rings (SSSR count). The first-order valence-corrected chi connectivity index (χ1v) is 5.74. The zero-order valence-electron chi connectivity index (χ0n) is 6.07. The Morgan fingerprint density at radius 1 is 1.46 bits per heavy atom. The maximum absolute atomic E-state index is 13.3. The van der Waals surface area contributed by atoms with Crippen molar-refractivity contribution in [1.29, 1.82) is 0 Å². The van der Waals surface area contributed by atoms with Crippen molar-refractivity contribution in [2.45, 2.75) is 0 Å². The lowest BCUT2D eigenvalue weighted by Gasteiger charge is -2.05. The maximum atomic E-state index is 13.3. The molecule has 2 nitrogen and oxygen atoms in total. The molecule has 0 saturated heterocycles. The standard InChI is InChI=1S/C7H3Br2FINO/c8-4-2(7(12)13)1-3(11)5(9)6(4)10/h1H,(H2,12,13). The Morgan fingerprint density at radius 3 is 2.46 bits per heavy atom. The van der Waals surface area contributed by atoms with Crippen LogP contribution >= 0.6 is 54.5 Å². The van der Waals surface area contributed by atoms with E-state index in [2.05, 4.69) is 31.9 Å². The summed E-state index contributed by atoms with van der Waals surface area (Å²) in [5, 5.41) is 0. The highest BCUT2D eigenvalue weighted by atomic mass is 127. The van der Waals surface area contributed by atoms with Crippen LogP contribution in [0.1, 0.15) is 10.4 Å². The maximum Gasteiger partial charge on any atom is 0.249 e. The predicted molar refractivity (Wildman–Crippen MR) is 63.0 cm³/mol. The van der Waals surface area contributed by atoms with Crippen LogP contribution in [-0.2, 0) is 0 Å². The minimum absolute atomic E-state index is 0.0901. The van der Waals surface area contributed by atoms with Gasteiger partial charge in [-0.3, -0.25) is 4.79 Å². The largest absolute Gasteiger partial charge is 0.366 e. The normalized spacial score (nSPS) is 10.2. The van der Waals surface area contributed by atoms with Gasteiger partial charge in [0.2, 0.25) is 5.91 Å². The first kappa shape index (κ1) is 11.4. The van der Waals surface area contributed by atoms with E-state index < -0.39 is 11.7 Å². The molecule has 1 aromatic rings. The number of nitrogens with two attached hydrogens (primary N) is 1. The van der Waals surface area contributed by atoms with Gasteiger partial charge in [0.15, 0.2) is 5.82 Å². The van der Waals surface area contributed by atoms with E-state index in [-0.39, 0.29) is 10.0 Å². The average molecular weight is 423 g/mol. The molecule has 0 heterocycles. The number of amides is 1. The van der Waals surface area contributed by atoms with Gasteiger partial charge in [-0.2, -0.15) is 0 Å². The molecule has 0 spiro atoms. The molecule has 6 heteroatoms. The number of rotatable bonds is 1. The van der Waals surface area contributed by atoms with Gasteiger partial charge in [-0.15, -0.1) is 0 Å². The van der Waals surface area contributed by atoms with Gasteiger partial charge in [0.1, 0.15) is 0 Å². The van der Waals surface area contributed by atoms with Crippen LogP contribution in [0, 0.1) is 9.39 Å². The van der Waals surface area contributed by atoms with E-state index in [4.69, 9.17) is 5.73 Å². The number of carbonyl (C=O) groups excluding carboxylic acids is 1. The van der Waals surface area contributed by atoms with Gasteiger partial charge in [-0.1, -0.05) is 0 Å². The Morgan fingerprint density at radius 2 is 2.00 bits per heavy atom. The predicted octanol–water partition coefficient (Wildman–Crippen LogP) is 3.05. The molecule has 0 fully saturated rings. The van der Waals surface area contributed by atoms with E-state index in [1.54, 1.807) is 0 Å². The summed E-state index contributed by atoms with van der Waals surface area (Å²) in [7, 11) is 0. The third-order valence-corrected chi connectivity index (χ3v) is 4.51. The van der Waals surface area contributed by atoms with E-state index in [1.807, 2.05) is 22.6 Å². The SMILES string of the molecule is NC(=O)c1cc(I)c(Br)c(F)c1Br. The van der Waals surface area contributed by atoms with Crippen LogP contribution in [0.15, 0.2) is 15.0 Å². The molecule has 2 N–H and O–H groups in total. The van der Waals surface area contributed by atoms with Crippen molar-refractivity contribution in [3.8, 4) is 0 Å². The Labute approximate surface area is 104 Å². The molecule has 0 saturated carbocycles. The zero-order valence-corrected chi connectivity index (χ0v) is 11.4. The molecule has 0 unspecified atom stereocenters. The van der Waals surface area contributed by atoms with Crippen molar-refractivity contribution < 1.29 is 9.18 Å². The molecule has 0 aliphatic carbocycles. The average Bonchev–Trinajstić information content (AvgIpc) is 2.07. The number of carbonyl (C=O) groups is 1. The van der Waals surface area contributed by atoms with Gasteiger partial charge < -0.3 is 5.73 Å². The number of hydrogen-bond donors (Lipinski definition) is 1. The molecule has 0 aromatic heterocycles. The van der Waals surface area contributed by atoms with Crippen molar-refractivity contribution >= 4 is 60.4 Å². The van der Waals surface area contributed by atoms with Gasteiger partial charge in [0.05, 0.1) is 14.5 Å². The van der Waals surface area contributed by atoms with E-state index in [0.29, 0.717) is 8.04 Å². The minimum atomic E-state index is -0.656. The highest BCUT2D eigenvalue weighted by Gasteiger charge is 2.16. The lowest BCUT2D eigenvalue weighted by atomic mass is 10.2. The summed E-state index contributed by atoms with van der Waals surface area (Å²) in [5.74, 6) is -1.17. The van der Waals surface area contributed by atoms with Crippen molar-refractivity contribution in [3.63, 3.8) is 0 Å². The molecular formula is C7H3Br2FINO. The second-order valence-corrected chi connectivity index (χ2v) is 4.96. The highest BCUT2D eigenvalue weighted by molar-refractivity contribution is 14.1. The van der Waals surface area contributed by atoms with Crippen LogP contribution in [0.25, 0.3) is 0 Å². The number of hydrogen-bond acceptors (Lipinski definition) is 1. The van der Waals surface area contributed by atoms with Crippen molar-refractivity contribution in [2.75, 3.05) is 0 Å². The van der Waals surface area contributed by atoms with Gasteiger partial charge in [-0.25, -0.2) is 4.39 Å². The fourth-order valence-corrected chi connectivity index (χ4v) is 2.39. The van der Waals surface area contributed by atoms with Gasteiger partial charge in [0.25, 0.3) is 0 Å². The highest BCUT2D eigenvalue weighted by Crippen LogP contribution is 2.31. The summed E-state index contributed by atoms with van der Waals surface area (Å²) in [6.45, 7) is 0. The molecule has 0 bridgehead atoms. The Hall–Kier alpha value is 0.310. The van der Waals surface area contributed by atoms with Crippen molar-refractivity contribution in [2.24, 2.45) is 5.73 Å². The number of benzene rings is 1. The quantitative estimate of drug-likeness (QED) is 0.422. The second kappa shape index (κ2) is 4.22. The minimum Gasteiger partial charge on any atom is -0.366 e. The van der Waals surface area contributed by atoms with E-state index >= 15 is 0 Å². The molecule has 13 heavy (non-hydrogen) atoms. The molecule has 0 aliphatic heterocycles. The topological polar surface area (TPSA) is 43.1 Å². The van der Waals surface area contributed by atoms with Crippen LogP contribution < -0.4 is 5.73 Å². The molecular weight excluding hydrogens is 420 g/mol. The van der Waals surface area contributed by atoms with Crippen LogP contribution in [0.2, 0.25) is 0 Å². The van der Waals surface area contributed by atoms with E-state index in [9.17, 15) is 9.18 Å². The van der Waals surface area contributed by atoms with Crippen LogP contribution in [0.5, 0.6) is 0 Å². The van der Waals surface area contributed by atoms with Crippen LogP contribution in [0.3, 0.4) is 0 Å². The van der Waals surface area contributed by atoms with Crippen LogP contribution in [0.4, 0.5) is 4.39 Å². The summed E-state index contributed by atoms with van der Waals surface area (Å²) >= 11 is 7.92. The summed E-state index contributed by atoms with van der Waals surface area (Å²) in [5.41, 5.74) is 5.19. The second-order valence-electron chi connectivity index (χ2n) is 2.21. The monoisotopic (exact) mass is 421 g/mol. The smallest absolute Gasteiger partial charge is 0.249 e. The molecule has 0 aliphatic rings. The molecule has 1 amide bonds. The fourth-order valence-electron chi connectivity index (χ4n) is 0.752. The molecule has 0 radical (unpaired) electrons. The first-order chi connectivity index (χ1) is 5.95. The van der Waals surface area contributed by atoms with E-state index in [1.165, 1.54) is 6.07 Å². The Bertz CT molecular complexity index is 383. The third kappa shape index (κ3) is 2.21. The van der Waals surface area contributed by atoms with Gasteiger partial charge in [-0.05, 0) is 60.5 Å². The van der Waals surface area contributed by atoms with Gasteiger partial charge >= 0.3 is 0 Å². The fraction of sp³-hybridized carbons (Fsp3) is 0. The van der Waals surface area contributed by atoms with Gasteiger partial charge in [0, 0.05) is 3.57 Å².